The van der Waals surface area contributed by atoms with Gasteiger partial charge in [-0.15, -0.1) is 5.10 Å². The second-order valence-corrected chi connectivity index (χ2v) is 6.21. The zero-order valence-electron chi connectivity index (χ0n) is 11.4. The van der Waals surface area contributed by atoms with Crippen LogP contribution in [0.25, 0.3) is 0 Å². The van der Waals surface area contributed by atoms with E-state index < -0.39 is 5.54 Å². The predicted octanol–water partition coefficient (Wildman–Crippen LogP) is 2.26. The maximum Gasteiger partial charge on any atom is 0.266 e. The van der Waals surface area contributed by atoms with Crippen LogP contribution in [0.15, 0.2) is 0 Å². The van der Waals surface area contributed by atoms with Crippen molar-refractivity contribution < 1.29 is 4.79 Å². The van der Waals surface area contributed by atoms with Crippen LogP contribution in [0.5, 0.6) is 0 Å². The normalized spacial score (nSPS) is 14.7. The van der Waals surface area contributed by atoms with Crippen LogP contribution in [0, 0.1) is 11.3 Å². The second kappa shape index (κ2) is 5.02. The lowest BCUT2D eigenvalue weighted by atomic mass is 9.91. The van der Waals surface area contributed by atoms with E-state index in [1.807, 2.05) is 27.7 Å². The number of carbonyl (C=O) groups is 1. The molecule has 1 aromatic rings. The van der Waals surface area contributed by atoms with Crippen LogP contribution in [0.3, 0.4) is 0 Å². The van der Waals surface area contributed by atoms with Crippen molar-refractivity contribution in [1.29, 1.82) is 5.26 Å². The summed E-state index contributed by atoms with van der Waals surface area (Å²) in [5.41, 5.74) is -0.424. The minimum absolute atomic E-state index is 0.241. The third-order valence-corrected chi connectivity index (χ3v) is 3.47. The average molecular weight is 266 g/mol. The Labute approximate surface area is 111 Å². The van der Waals surface area contributed by atoms with Gasteiger partial charge in [0.2, 0.25) is 0 Å². The maximum absolute atomic E-state index is 12.2. The fraction of sp³-hybridized carbons (Fsp3) is 0.667. The number of amides is 1. The highest BCUT2D eigenvalue weighted by atomic mass is 32.1. The summed E-state index contributed by atoms with van der Waals surface area (Å²) < 4.78 is 3.84. The fourth-order valence-electron chi connectivity index (χ4n) is 1.33. The Hall–Kier alpha value is -1.48. The van der Waals surface area contributed by atoms with Gasteiger partial charge in [0.1, 0.15) is 10.4 Å². The van der Waals surface area contributed by atoms with Crippen molar-refractivity contribution in [3.63, 3.8) is 0 Å². The number of nitrogens with one attached hydrogen (secondary N) is 1. The monoisotopic (exact) mass is 266 g/mol. The average Bonchev–Trinajstić information content (AvgIpc) is 2.77. The molecule has 1 heterocycles. The van der Waals surface area contributed by atoms with Gasteiger partial charge in [0.15, 0.2) is 0 Å². The smallest absolute Gasteiger partial charge is 0.266 e. The second-order valence-electron chi connectivity index (χ2n) is 5.45. The SMILES string of the molecule is CCC(C)(C#N)NC(=O)c1snnc1C(C)(C)C. The Bertz CT molecular complexity index is 483. The molecular formula is C12H18N4OS. The zero-order valence-corrected chi connectivity index (χ0v) is 12.2. The van der Waals surface area contributed by atoms with E-state index in [1.165, 1.54) is 0 Å². The van der Waals surface area contributed by atoms with E-state index in [-0.39, 0.29) is 11.3 Å². The lowest BCUT2D eigenvalue weighted by Crippen LogP contribution is -2.44. The molecule has 0 aliphatic carbocycles. The van der Waals surface area contributed by atoms with Crippen molar-refractivity contribution >= 4 is 17.4 Å². The highest BCUT2D eigenvalue weighted by Crippen LogP contribution is 2.26. The molecule has 6 heteroatoms. The van der Waals surface area contributed by atoms with Crippen LogP contribution >= 0.6 is 11.5 Å². The van der Waals surface area contributed by atoms with E-state index in [0.717, 1.165) is 11.5 Å². The summed E-state index contributed by atoms with van der Waals surface area (Å²) in [6.45, 7) is 9.49. The van der Waals surface area contributed by atoms with Gasteiger partial charge in [-0.1, -0.05) is 32.2 Å². The van der Waals surface area contributed by atoms with Gasteiger partial charge >= 0.3 is 0 Å². The molecule has 0 bridgehead atoms. The Morgan fingerprint density at radius 2 is 2.06 bits per heavy atom. The number of rotatable bonds is 3. The van der Waals surface area contributed by atoms with Gasteiger partial charge in [-0.3, -0.25) is 4.79 Å². The molecule has 0 saturated heterocycles. The van der Waals surface area contributed by atoms with Gasteiger partial charge in [0.25, 0.3) is 5.91 Å². The van der Waals surface area contributed by atoms with Crippen molar-refractivity contribution in [2.45, 2.75) is 52.0 Å². The minimum Gasteiger partial charge on any atom is -0.333 e. The molecule has 5 nitrogen and oxygen atoms in total. The van der Waals surface area contributed by atoms with Crippen LogP contribution in [0.1, 0.15) is 56.4 Å². The van der Waals surface area contributed by atoms with Gasteiger partial charge in [-0.2, -0.15) is 5.26 Å². The first-order valence-electron chi connectivity index (χ1n) is 5.80. The molecule has 0 saturated carbocycles. The number of nitrogens with zero attached hydrogens (tertiary/aromatic N) is 3. The molecule has 1 N–H and O–H groups in total. The molecule has 0 fully saturated rings. The van der Waals surface area contributed by atoms with Gasteiger partial charge in [-0.05, 0) is 24.9 Å². The van der Waals surface area contributed by atoms with Crippen molar-refractivity contribution in [3.8, 4) is 6.07 Å². The number of hydrogen-bond donors (Lipinski definition) is 1. The summed E-state index contributed by atoms with van der Waals surface area (Å²) in [6, 6.07) is 2.11. The predicted molar refractivity (Wildman–Crippen MR) is 70.4 cm³/mol. The van der Waals surface area contributed by atoms with E-state index >= 15 is 0 Å². The van der Waals surface area contributed by atoms with Crippen LogP contribution in [-0.2, 0) is 5.41 Å². The molecule has 0 aliphatic heterocycles. The first-order valence-corrected chi connectivity index (χ1v) is 6.57. The Morgan fingerprint density at radius 3 is 2.50 bits per heavy atom. The molecule has 0 radical (unpaired) electrons. The van der Waals surface area contributed by atoms with Gasteiger partial charge in [-0.25, -0.2) is 0 Å². The molecule has 0 aromatic carbocycles. The van der Waals surface area contributed by atoms with Crippen LogP contribution < -0.4 is 5.32 Å². The van der Waals surface area contributed by atoms with Gasteiger partial charge in [0, 0.05) is 5.41 Å². The Kier molecular flexibility index (Phi) is 4.07. The number of hydrogen-bond acceptors (Lipinski definition) is 5. The molecule has 1 aromatic heterocycles. The highest BCUT2D eigenvalue weighted by molar-refractivity contribution is 7.08. The third-order valence-electron chi connectivity index (χ3n) is 2.75. The topological polar surface area (TPSA) is 78.7 Å². The van der Waals surface area contributed by atoms with Crippen molar-refractivity contribution in [3.05, 3.63) is 10.6 Å². The Balaban J connectivity index is 3.01. The zero-order chi connectivity index (χ0) is 14.0. The van der Waals surface area contributed by atoms with Crippen LogP contribution in [-0.4, -0.2) is 21.0 Å². The standard InChI is InChI=1S/C12H18N4OS/c1-6-12(5,7-13)14-10(17)8-9(11(2,3)4)15-16-18-8/h6H2,1-5H3,(H,14,17). The number of nitriles is 1. The summed E-state index contributed by atoms with van der Waals surface area (Å²) in [7, 11) is 0. The van der Waals surface area contributed by atoms with Crippen LogP contribution in [0.2, 0.25) is 0 Å². The molecule has 1 atom stereocenters. The summed E-state index contributed by atoms with van der Waals surface area (Å²) in [6.07, 6.45) is 0.548. The highest BCUT2D eigenvalue weighted by Gasteiger charge is 2.30. The van der Waals surface area contributed by atoms with Crippen LogP contribution in [0.4, 0.5) is 0 Å². The van der Waals surface area contributed by atoms with E-state index in [1.54, 1.807) is 6.92 Å². The lowest BCUT2D eigenvalue weighted by molar-refractivity contribution is 0.0924. The molecule has 18 heavy (non-hydrogen) atoms. The number of carbonyl (C=O) groups excluding carboxylic acids is 1. The third kappa shape index (κ3) is 3.05. The summed E-state index contributed by atoms with van der Waals surface area (Å²) >= 11 is 1.06. The number of aromatic nitrogens is 2. The molecule has 0 spiro atoms. The molecule has 1 unspecified atom stereocenters. The van der Waals surface area contributed by atoms with Gasteiger partial charge in [0.05, 0.1) is 11.8 Å². The molecule has 1 amide bonds. The summed E-state index contributed by atoms with van der Waals surface area (Å²) in [5, 5.41) is 15.8. The van der Waals surface area contributed by atoms with Crippen molar-refractivity contribution in [1.82, 2.24) is 14.9 Å². The largest absolute Gasteiger partial charge is 0.333 e. The Morgan fingerprint density at radius 1 is 1.44 bits per heavy atom. The van der Waals surface area contributed by atoms with E-state index in [0.29, 0.717) is 17.0 Å². The minimum atomic E-state index is -0.851. The van der Waals surface area contributed by atoms with E-state index in [9.17, 15) is 4.79 Å². The summed E-state index contributed by atoms with van der Waals surface area (Å²) in [4.78, 5) is 12.7. The van der Waals surface area contributed by atoms with Gasteiger partial charge < -0.3 is 5.32 Å². The van der Waals surface area contributed by atoms with E-state index in [4.69, 9.17) is 5.26 Å². The molecule has 1 rings (SSSR count). The van der Waals surface area contributed by atoms with E-state index in [2.05, 4.69) is 21.0 Å². The lowest BCUT2D eigenvalue weighted by Gasteiger charge is -2.22. The quantitative estimate of drug-likeness (QED) is 0.910. The van der Waals surface area contributed by atoms with Crippen molar-refractivity contribution in [2.75, 3.05) is 0 Å². The maximum atomic E-state index is 12.2. The fourth-order valence-corrected chi connectivity index (χ4v) is 2.10. The summed E-state index contributed by atoms with van der Waals surface area (Å²) in [5.74, 6) is -0.277. The first kappa shape index (κ1) is 14.6. The molecular weight excluding hydrogens is 248 g/mol. The van der Waals surface area contributed by atoms with Crippen molar-refractivity contribution in [2.24, 2.45) is 0 Å². The molecule has 0 aliphatic rings. The molecule has 98 valence electrons. The first-order chi connectivity index (χ1) is 8.23.